The van der Waals surface area contributed by atoms with Crippen molar-refractivity contribution >= 4 is 17.3 Å². The molecule has 0 aliphatic heterocycles. The van der Waals surface area contributed by atoms with Crippen molar-refractivity contribution in [1.82, 2.24) is 0 Å². The highest BCUT2D eigenvalue weighted by atomic mass is 35.5. The molecule has 0 heterocycles. The molecule has 0 aromatic heterocycles. The number of anilines is 1. The van der Waals surface area contributed by atoms with Gasteiger partial charge >= 0.3 is 0 Å². The van der Waals surface area contributed by atoms with E-state index in [1.807, 2.05) is 18.2 Å². The van der Waals surface area contributed by atoms with Gasteiger partial charge in [-0.1, -0.05) is 24.6 Å². The fourth-order valence-electron chi connectivity index (χ4n) is 1.97. The van der Waals surface area contributed by atoms with E-state index in [1.165, 1.54) is 0 Å². The van der Waals surface area contributed by atoms with Crippen molar-refractivity contribution in [3.63, 3.8) is 0 Å². The lowest BCUT2D eigenvalue weighted by molar-refractivity contribution is 0.203. The molecule has 102 valence electrons. The van der Waals surface area contributed by atoms with E-state index in [2.05, 4.69) is 18.7 Å². The normalized spacial score (nSPS) is 12.5. The number of halogens is 1. The highest BCUT2D eigenvalue weighted by molar-refractivity contribution is 6.30. The Morgan fingerprint density at radius 3 is 2.72 bits per heavy atom. The molecule has 0 saturated carbocycles. The summed E-state index contributed by atoms with van der Waals surface area (Å²) in [6.45, 7) is 6.44. The van der Waals surface area contributed by atoms with Crippen LogP contribution in [0.2, 0.25) is 5.02 Å². The summed E-state index contributed by atoms with van der Waals surface area (Å²) in [6, 6.07) is 6.31. The molecular formula is C14H23ClN2O. The second-order valence-corrected chi connectivity index (χ2v) is 4.86. The molecule has 3 nitrogen and oxygen atoms in total. The molecule has 0 aliphatic rings. The second kappa shape index (κ2) is 7.62. The van der Waals surface area contributed by atoms with Crippen molar-refractivity contribution in [2.75, 3.05) is 25.2 Å². The number of benzene rings is 1. The molecule has 0 bridgehead atoms. The minimum atomic E-state index is 0.434. The zero-order valence-electron chi connectivity index (χ0n) is 11.4. The molecular weight excluding hydrogens is 248 g/mol. The van der Waals surface area contributed by atoms with Crippen molar-refractivity contribution < 1.29 is 4.74 Å². The van der Waals surface area contributed by atoms with Crippen LogP contribution in [-0.4, -0.2) is 26.3 Å². The standard InChI is InChI=1S/C14H23ClN2O/c1-4-11(2)17(7-8-18-3)14-9-13(15)6-5-12(14)10-16/h5-6,9,11H,4,7-8,10,16H2,1-3H3. The lowest BCUT2D eigenvalue weighted by Crippen LogP contribution is -2.36. The van der Waals surface area contributed by atoms with Gasteiger partial charge in [0.25, 0.3) is 0 Å². The third-order valence-electron chi connectivity index (χ3n) is 3.24. The molecule has 1 atom stereocenters. The van der Waals surface area contributed by atoms with Gasteiger partial charge < -0.3 is 15.4 Å². The van der Waals surface area contributed by atoms with Crippen molar-refractivity contribution in [2.45, 2.75) is 32.9 Å². The molecule has 0 amide bonds. The van der Waals surface area contributed by atoms with Gasteiger partial charge in [0.2, 0.25) is 0 Å². The molecule has 0 saturated heterocycles. The quantitative estimate of drug-likeness (QED) is 0.828. The summed E-state index contributed by atoms with van der Waals surface area (Å²) in [7, 11) is 1.72. The Morgan fingerprint density at radius 2 is 2.17 bits per heavy atom. The lowest BCUT2D eigenvalue weighted by Gasteiger charge is -2.32. The Hall–Kier alpha value is -0.770. The van der Waals surface area contributed by atoms with Crippen LogP contribution in [0.1, 0.15) is 25.8 Å². The Kier molecular flexibility index (Phi) is 6.47. The molecule has 18 heavy (non-hydrogen) atoms. The second-order valence-electron chi connectivity index (χ2n) is 4.42. The van der Waals surface area contributed by atoms with E-state index in [1.54, 1.807) is 7.11 Å². The largest absolute Gasteiger partial charge is 0.383 e. The van der Waals surface area contributed by atoms with Crippen molar-refractivity contribution in [3.8, 4) is 0 Å². The predicted molar refractivity (Wildman–Crippen MR) is 78.3 cm³/mol. The summed E-state index contributed by atoms with van der Waals surface area (Å²) in [6.07, 6.45) is 1.07. The monoisotopic (exact) mass is 270 g/mol. The maximum absolute atomic E-state index is 6.10. The van der Waals surface area contributed by atoms with Gasteiger partial charge in [0.05, 0.1) is 6.61 Å². The molecule has 0 aliphatic carbocycles. The van der Waals surface area contributed by atoms with Crippen LogP contribution >= 0.6 is 11.6 Å². The zero-order valence-corrected chi connectivity index (χ0v) is 12.2. The zero-order chi connectivity index (χ0) is 13.5. The maximum atomic E-state index is 6.10. The van der Waals surface area contributed by atoms with Gasteiger partial charge in [0.1, 0.15) is 0 Å². The summed E-state index contributed by atoms with van der Waals surface area (Å²) < 4.78 is 5.19. The number of nitrogens with zero attached hydrogens (tertiary/aromatic N) is 1. The topological polar surface area (TPSA) is 38.5 Å². The van der Waals surface area contributed by atoms with E-state index in [9.17, 15) is 0 Å². The number of methoxy groups -OCH3 is 1. The molecule has 0 fully saturated rings. The summed E-state index contributed by atoms with van der Waals surface area (Å²) in [5.74, 6) is 0. The molecule has 0 radical (unpaired) electrons. The van der Waals surface area contributed by atoms with Gasteiger partial charge in [0, 0.05) is 37.0 Å². The first-order chi connectivity index (χ1) is 8.63. The Labute approximate surface area is 115 Å². The summed E-state index contributed by atoms with van der Waals surface area (Å²) in [5.41, 5.74) is 8.05. The van der Waals surface area contributed by atoms with Gasteiger partial charge in [-0.2, -0.15) is 0 Å². The van der Waals surface area contributed by atoms with Gasteiger partial charge in [0.15, 0.2) is 0 Å². The van der Waals surface area contributed by atoms with Crippen molar-refractivity contribution in [3.05, 3.63) is 28.8 Å². The summed E-state index contributed by atoms with van der Waals surface area (Å²) >= 11 is 6.10. The highest BCUT2D eigenvalue weighted by Crippen LogP contribution is 2.27. The fraction of sp³-hybridized carbons (Fsp3) is 0.571. The molecule has 1 rings (SSSR count). The van der Waals surface area contributed by atoms with E-state index in [0.29, 0.717) is 19.2 Å². The first kappa shape index (κ1) is 15.3. The lowest BCUT2D eigenvalue weighted by atomic mass is 10.1. The van der Waals surface area contributed by atoms with Crippen LogP contribution in [0.25, 0.3) is 0 Å². The number of nitrogens with two attached hydrogens (primary N) is 1. The smallest absolute Gasteiger partial charge is 0.0637 e. The van der Waals surface area contributed by atoms with Gasteiger partial charge in [-0.3, -0.25) is 0 Å². The molecule has 1 aromatic rings. The number of hydrogen-bond donors (Lipinski definition) is 1. The van der Waals surface area contributed by atoms with Crippen LogP contribution in [0.3, 0.4) is 0 Å². The number of rotatable bonds is 7. The average molecular weight is 271 g/mol. The summed E-state index contributed by atoms with van der Waals surface area (Å²) in [5, 5.41) is 0.743. The fourth-order valence-corrected chi connectivity index (χ4v) is 2.13. The Morgan fingerprint density at radius 1 is 1.44 bits per heavy atom. The van der Waals surface area contributed by atoms with Crippen LogP contribution < -0.4 is 10.6 Å². The molecule has 2 N–H and O–H groups in total. The van der Waals surface area contributed by atoms with Crippen LogP contribution in [0, 0.1) is 0 Å². The van der Waals surface area contributed by atoms with E-state index < -0.39 is 0 Å². The first-order valence-corrected chi connectivity index (χ1v) is 6.75. The number of hydrogen-bond acceptors (Lipinski definition) is 3. The highest BCUT2D eigenvalue weighted by Gasteiger charge is 2.16. The third kappa shape index (κ3) is 3.87. The predicted octanol–water partition coefficient (Wildman–Crippen LogP) is 3.05. The van der Waals surface area contributed by atoms with Crippen molar-refractivity contribution in [1.29, 1.82) is 0 Å². The van der Waals surface area contributed by atoms with Crippen LogP contribution in [-0.2, 0) is 11.3 Å². The molecule has 4 heteroatoms. The van der Waals surface area contributed by atoms with Gasteiger partial charge in [-0.25, -0.2) is 0 Å². The van der Waals surface area contributed by atoms with Crippen molar-refractivity contribution in [2.24, 2.45) is 5.73 Å². The minimum Gasteiger partial charge on any atom is -0.383 e. The Bertz CT molecular complexity index is 371. The number of ether oxygens (including phenoxy) is 1. The minimum absolute atomic E-state index is 0.434. The van der Waals surface area contributed by atoms with Crippen LogP contribution in [0.15, 0.2) is 18.2 Å². The third-order valence-corrected chi connectivity index (χ3v) is 3.47. The SMILES string of the molecule is CCC(C)N(CCOC)c1cc(Cl)ccc1CN. The maximum Gasteiger partial charge on any atom is 0.0637 e. The van der Waals surface area contributed by atoms with Crippen LogP contribution in [0.4, 0.5) is 5.69 Å². The first-order valence-electron chi connectivity index (χ1n) is 6.38. The van der Waals surface area contributed by atoms with Gasteiger partial charge in [-0.05, 0) is 31.0 Å². The van der Waals surface area contributed by atoms with Gasteiger partial charge in [-0.15, -0.1) is 0 Å². The van der Waals surface area contributed by atoms with Crippen LogP contribution in [0.5, 0.6) is 0 Å². The van der Waals surface area contributed by atoms with E-state index in [0.717, 1.165) is 29.2 Å². The van der Waals surface area contributed by atoms with E-state index >= 15 is 0 Å². The molecule has 1 aromatic carbocycles. The van der Waals surface area contributed by atoms with E-state index in [-0.39, 0.29) is 0 Å². The summed E-state index contributed by atoms with van der Waals surface area (Å²) in [4.78, 5) is 2.32. The Balaban J connectivity index is 3.05. The molecule has 0 spiro atoms. The average Bonchev–Trinajstić information content (AvgIpc) is 2.39. The molecule has 1 unspecified atom stereocenters. The van der Waals surface area contributed by atoms with E-state index in [4.69, 9.17) is 22.1 Å².